The Kier molecular flexibility index (Phi) is 6.38. The minimum absolute atomic E-state index is 0.0472. The molecule has 1 aromatic rings. The third-order valence-electron chi connectivity index (χ3n) is 6.81. The summed E-state index contributed by atoms with van der Waals surface area (Å²) in [6.07, 6.45) is 11.0. The fraction of sp³-hybridized carbons (Fsp3) is 0.609. The normalized spacial score (nSPS) is 33.8. The highest BCUT2D eigenvalue weighted by Gasteiger charge is 2.58. The molecule has 2 saturated carbocycles. The van der Waals surface area contributed by atoms with Gasteiger partial charge in [-0.15, -0.1) is 0 Å². The molecule has 0 spiro atoms. The van der Waals surface area contributed by atoms with Gasteiger partial charge in [-0.25, -0.2) is 0 Å². The zero-order valence-electron chi connectivity index (χ0n) is 17.0. The molecule has 0 aliphatic heterocycles. The van der Waals surface area contributed by atoms with Gasteiger partial charge in [0.05, 0.1) is 11.8 Å². The van der Waals surface area contributed by atoms with Crippen molar-refractivity contribution in [3.05, 3.63) is 48.0 Å². The largest absolute Gasteiger partial charge is 0.394 e. The smallest absolute Gasteiger partial charge is 0.129 e. The first-order valence-corrected chi connectivity index (χ1v) is 10.2. The van der Waals surface area contributed by atoms with Crippen LogP contribution in [0, 0.1) is 11.3 Å². The van der Waals surface area contributed by atoms with Crippen LogP contribution in [0.1, 0.15) is 50.5 Å². The molecule has 2 fully saturated rings. The van der Waals surface area contributed by atoms with Crippen LogP contribution >= 0.6 is 0 Å². The molecule has 4 nitrogen and oxygen atoms in total. The summed E-state index contributed by atoms with van der Waals surface area (Å²) in [4.78, 5) is 7.32. The molecule has 1 aromatic carbocycles. The number of hydrogen-bond donors (Lipinski definition) is 1. The van der Waals surface area contributed by atoms with Gasteiger partial charge >= 0.3 is 0 Å². The van der Waals surface area contributed by atoms with Gasteiger partial charge in [-0.3, -0.25) is 0 Å². The van der Waals surface area contributed by atoms with Gasteiger partial charge in [0.1, 0.15) is 6.61 Å². The number of aliphatic hydroxyl groups is 1. The van der Waals surface area contributed by atoms with E-state index in [1.807, 2.05) is 20.2 Å². The van der Waals surface area contributed by atoms with E-state index < -0.39 is 5.60 Å². The van der Waals surface area contributed by atoms with Crippen LogP contribution in [0.4, 0.5) is 0 Å². The summed E-state index contributed by atoms with van der Waals surface area (Å²) in [5.74, 6) is 0.867. The zero-order valence-corrected chi connectivity index (χ0v) is 17.0. The first kappa shape index (κ1) is 20.1. The molecule has 3 rings (SSSR count). The second kappa shape index (κ2) is 8.57. The van der Waals surface area contributed by atoms with Crippen molar-refractivity contribution in [3.63, 3.8) is 0 Å². The lowest BCUT2D eigenvalue weighted by atomic mass is 9.59. The molecule has 0 heterocycles. The van der Waals surface area contributed by atoms with Gasteiger partial charge < -0.3 is 14.8 Å². The fourth-order valence-corrected chi connectivity index (χ4v) is 4.94. The van der Waals surface area contributed by atoms with E-state index >= 15 is 0 Å². The van der Waals surface area contributed by atoms with Crippen molar-refractivity contribution < 1.29 is 9.94 Å². The predicted molar refractivity (Wildman–Crippen MR) is 111 cm³/mol. The summed E-state index contributed by atoms with van der Waals surface area (Å²) in [5.41, 5.74) is 0.753. The molecule has 2 aliphatic carbocycles. The fourth-order valence-electron chi connectivity index (χ4n) is 4.94. The third-order valence-corrected chi connectivity index (χ3v) is 6.81. The van der Waals surface area contributed by atoms with E-state index in [0.29, 0.717) is 18.4 Å². The van der Waals surface area contributed by atoms with Crippen molar-refractivity contribution in [2.75, 3.05) is 27.2 Å². The Bertz CT molecular complexity index is 658. The monoisotopic (exact) mass is 370 g/mol. The highest BCUT2D eigenvalue weighted by atomic mass is 16.6. The molecule has 0 aromatic heterocycles. The summed E-state index contributed by atoms with van der Waals surface area (Å²) in [5, 5.41) is 15.5. The van der Waals surface area contributed by atoms with Gasteiger partial charge in [-0.1, -0.05) is 48.5 Å². The minimum atomic E-state index is -0.569. The minimum Gasteiger partial charge on any atom is -0.394 e. The Morgan fingerprint density at radius 2 is 2.00 bits per heavy atom. The topological polar surface area (TPSA) is 45.1 Å². The van der Waals surface area contributed by atoms with Gasteiger partial charge in [0.2, 0.25) is 0 Å². The van der Waals surface area contributed by atoms with Gasteiger partial charge in [-0.2, -0.15) is 0 Å². The maximum Gasteiger partial charge on any atom is 0.129 e. The van der Waals surface area contributed by atoms with E-state index in [0.717, 1.165) is 38.6 Å². The molecule has 2 aliphatic rings. The lowest BCUT2D eigenvalue weighted by molar-refractivity contribution is -0.0984. The van der Waals surface area contributed by atoms with Crippen LogP contribution in [-0.2, 0) is 4.84 Å². The third kappa shape index (κ3) is 4.44. The molecular formula is C23H34N2O2. The molecule has 0 unspecified atom stereocenters. The van der Waals surface area contributed by atoms with Crippen molar-refractivity contribution in [1.29, 1.82) is 0 Å². The summed E-state index contributed by atoms with van der Waals surface area (Å²) >= 11 is 0. The van der Waals surface area contributed by atoms with Gasteiger partial charge in [0, 0.05) is 12.0 Å². The summed E-state index contributed by atoms with van der Waals surface area (Å²) < 4.78 is 0. The van der Waals surface area contributed by atoms with E-state index in [1.165, 1.54) is 5.56 Å². The molecule has 4 atom stereocenters. The number of fused-ring (bicyclic) bond motifs is 1. The number of likely N-dealkylation sites (N-methyl/N-ethyl adjacent to an activating group) is 1. The Morgan fingerprint density at radius 1 is 1.22 bits per heavy atom. The number of oxime groups is 1. The lowest BCUT2D eigenvalue weighted by Gasteiger charge is -2.49. The van der Waals surface area contributed by atoms with Crippen LogP contribution < -0.4 is 0 Å². The van der Waals surface area contributed by atoms with Crippen LogP contribution in [0.15, 0.2) is 47.6 Å². The average Bonchev–Trinajstić information content (AvgIpc) is 2.92. The van der Waals surface area contributed by atoms with Crippen molar-refractivity contribution in [2.24, 2.45) is 16.5 Å². The number of hydrogen-bond acceptors (Lipinski definition) is 4. The predicted octanol–water partition coefficient (Wildman–Crippen LogP) is 4.22. The molecule has 0 bridgehead atoms. The summed E-state index contributed by atoms with van der Waals surface area (Å²) in [7, 11) is 4.03. The standard InChI is InChI=1S/C23H34N2O2/c1-22-13-11-20(19-8-5-4-6-9-19)18-23(22,26)14-12-21(22)10-7-15-24-27-17-16-25(2)3/h4-10,15,20-21,26H,11-14,16-18H2,1-3H3/b10-7+,24-15+/t20-,21-,22+,23-/m0/s1. The van der Waals surface area contributed by atoms with E-state index in [4.69, 9.17) is 4.84 Å². The summed E-state index contributed by atoms with van der Waals surface area (Å²) in [6, 6.07) is 10.7. The van der Waals surface area contributed by atoms with Gasteiger partial charge in [0.25, 0.3) is 0 Å². The number of allylic oxidation sites excluding steroid dienone is 2. The SMILES string of the molecule is CN(C)CCO/N=C/C=C/[C@H]1CC[C@]2(O)C[C@@H](c3ccccc3)CC[C@]12C. The van der Waals surface area contributed by atoms with Crippen molar-refractivity contribution >= 4 is 6.21 Å². The summed E-state index contributed by atoms with van der Waals surface area (Å²) in [6.45, 7) is 3.73. The number of nitrogens with zero attached hydrogens (tertiary/aromatic N) is 2. The van der Waals surface area contributed by atoms with Gasteiger partial charge in [-0.05, 0) is 69.7 Å². The van der Waals surface area contributed by atoms with Gasteiger partial charge in [0.15, 0.2) is 0 Å². The molecule has 27 heavy (non-hydrogen) atoms. The maximum absolute atomic E-state index is 11.5. The molecule has 148 valence electrons. The highest BCUT2D eigenvalue weighted by molar-refractivity contribution is 5.70. The van der Waals surface area contributed by atoms with E-state index in [9.17, 15) is 5.11 Å². The molecule has 0 radical (unpaired) electrons. The Morgan fingerprint density at radius 3 is 2.74 bits per heavy atom. The highest BCUT2D eigenvalue weighted by Crippen LogP contribution is 2.60. The average molecular weight is 371 g/mol. The molecule has 4 heteroatoms. The van der Waals surface area contributed by atoms with Crippen LogP contribution in [0.3, 0.4) is 0 Å². The first-order valence-electron chi connectivity index (χ1n) is 10.2. The second-order valence-corrected chi connectivity index (χ2v) is 8.72. The van der Waals surface area contributed by atoms with Crippen molar-refractivity contribution in [2.45, 2.75) is 50.5 Å². The zero-order chi connectivity index (χ0) is 19.3. The quantitative estimate of drug-likeness (QED) is 0.444. The van der Waals surface area contributed by atoms with Crippen LogP contribution in [0.2, 0.25) is 0 Å². The Hall–Kier alpha value is -1.65. The van der Waals surface area contributed by atoms with E-state index in [-0.39, 0.29) is 5.41 Å². The van der Waals surface area contributed by atoms with E-state index in [1.54, 1.807) is 6.21 Å². The molecule has 0 amide bonds. The van der Waals surface area contributed by atoms with Crippen molar-refractivity contribution in [1.82, 2.24) is 4.90 Å². The molecular weight excluding hydrogens is 336 g/mol. The Balaban J connectivity index is 1.58. The number of rotatable bonds is 7. The first-order chi connectivity index (χ1) is 12.9. The number of benzene rings is 1. The Labute approximate surface area is 163 Å². The lowest BCUT2D eigenvalue weighted by Crippen LogP contribution is -2.49. The van der Waals surface area contributed by atoms with E-state index in [2.05, 4.69) is 53.4 Å². The second-order valence-electron chi connectivity index (χ2n) is 8.72. The molecule has 1 N–H and O–H groups in total. The maximum atomic E-state index is 11.5. The van der Waals surface area contributed by atoms with Crippen molar-refractivity contribution in [3.8, 4) is 0 Å². The molecule has 0 saturated heterocycles. The van der Waals surface area contributed by atoms with Crippen LogP contribution in [0.5, 0.6) is 0 Å². The van der Waals surface area contributed by atoms with Crippen LogP contribution in [0.25, 0.3) is 0 Å². The van der Waals surface area contributed by atoms with Crippen LogP contribution in [-0.4, -0.2) is 49.1 Å².